The van der Waals surface area contributed by atoms with Crippen LogP contribution in [0, 0.1) is 0 Å². The van der Waals surface area contributed by atoms with Gasteiger partial charge in [0.25, 0.3) is 0 Å². The maximum atomic E-state index is 11.5. The second-order valence-corrected chi connectivity index (χ2v) is 5.64. The molecule has 4 nitrogen and oxygen atoms in total. The van der Waals surface area contributed by atoms with Crippen LogP contribution in [0.25, 0.3) is 0 Å². The first-order valence-electron chi connectivity index (χ1n) is 5.93. The molecule has 0 unspecified atom stereocenters. The van der Waals surface area contributed by atoms with Crippen molar-refractivity contribution in [2.45, 2.75) is 46.2 Å². The van der Waals surface area contributed by atoms with E-state index in [0.717, 1.165) is 13.1 Å². The minimum Gasteiger partial charge on any atom is -0.353 e. The molecule has 96 valence electrons. The molecule has 0 radical (unpaired) electrons. The zero-order chi connectivity index (χ0) is 12.8. The maximum Gasteiger partial charge on any atom is 0.234 e. The molecule has 0 aromatic rings. The van der Waals surface area contributed by atoms with Gasteiger partial charge in [0, 0.05) is 24.7 Å². The Labute approximate surface area is 99.8 Å². The molecule has 0 spiro atoms. The van der Waals surface area contributed by atoms with Crippen molar-refractivity contribution in [3.8, 4) is 0 Å². The monoisotopic (exact) mass is 229 g/mol. The summed E-state index contributed by atoms with van der Waals surface area (Å²) in [5, 5.41) is 6.27. The molecular weight excluding hydrogens is 202 g/mol. The van der Waals surface area contributed by atoms with Gasteiger partial charge in [-0.3, -0.25) is 9.69 Å². The van der Waals surface area contributed by atoms with Crippen molar-refractivity contribution in [1.29, 1.82) is 0 Å². The van der Waals surface area contributed by atoms with Gasteiger partial charge in [-0.2, -0.15) is 0 Å². The van der Waals surface area contributed by atoms with Crippen molar-refractivity contribution in [1.82, 2.24) is 15.5 Å². The van der Waals surface area contributed by atoms with Crippen LogP contribution in [-0.4, -0.2) is 49.1 Å². The molecule has 0 aliphatic heterocycles. The number of hydrogen-bond acceptors (Lipinski definition) is 3. The minimum absolute atomic E-state index is 0.0910. The fraction of sp³-hybridized carbons (Fsp3) is 0.917. The number of hydrogen-bond donors (Lipinski definition) is 2. The fourth-order valence-electron chi connectivity index (χ4n) is 1.31. The minimum atomic E-state index is 0.0910. The summed E-state index contributed by atoms with van der Waals surface area (Å²) in [7, 11) is 1.96. The molecule has 0 aliphatic carbocycles. The summed E-state index contributed by atoms with van der Waals surface area (Å²) in [6, 6.07) is 0.216. The number of carbonyl (C=O) groups is 1. The average Bonchev–Trinajstić information content (AvgIpc) is 1.98. The summed E-state index contributed by atoms with van der Waals surface area (Å²) in [5.41, 5.74) is 0.140. The van der Waals surface area contributed by atoms with Crippen molar-refractivity contribution in [2.75, 3.05) is 26.7 Å². The Kier molecular flexibility index (Phi) is 6.60. The molecule has 0 aromatic carbocycles. The Morgan fingerprint density at radius 2 is 1.88 bits per heavy atom. The molecule has 0 atom stereocenters. The van der Waals surface area contributed by atoms with Crippen molar-refractivity contribution >= 4 is 5.91 Å². The quantitative estimate of drug-likeness (QED) is 0.709. The standard InChI is InChI=1S/C12H27N3O/c1-10(2)14-11(16)9-15(6)8-7-13-12(3,4)5/h10,13H,7-9H2,1-6H3,(H,14,16). The van der Waals surface area contributed by atoms with E-state index >= 15 is 0 Å². The van der Waals surface area contributed by atoms with Gasteiger partial charge in [-0.15, -0.1) is 0 Å². The first-order chi connectivity index (χ1) is 7.20. The van der Waals surface area contributed by atoms with E-state index in [-0.39, 0.29) is 17.5 Å². The highest BCUT2D eigenvalue weighted by Gasteiger charge is 2.10. The van der Waals surface area contributed by atoms with Crippen molar-refractivity contribution in [3.63, 3.8) is 0 Å². The second-order valence-electron chi connectivity index (χ2n) is 5.64. The predicted molar refractivity (Wildman–Crippen MR) is 68.5 cm³/mol. The third kappa shape index (κ3) is 9.93. The molecule has 0 saturated carbocycles. The summed E-state index contributed by atoms with van der Waals surface area (Å²) in [4.78, 5) is 13.5. The topological polar surface area (TPSA) is 44.4 Å². The van der Waals surface area contributed by atoms with Crippen LogP contribution in [0.5, 0.6) is 0 Å². The summed E-state index contributed by atoms with van der Waals surface area (Å²) in [6.45, 7) is 12.6. The molecule has 2 N–H and O–H groups in total. The van der Waals surface area contributed by atoms with Crippen LogP contribution in [0.3, 0.4) is 0 Å². The first kappa shape index (κ1) is 15.4. The third-order valence-corrected chi connectivity index (χ3v) is 2.01. The number of nitrogens with one attached hydrogen (secondary N) is 2. The Morgan fingerprint density at radius 1 is 1.31 bits per heavy atom. The Bertz CT molecular complexity index is 209. The molecule has 1 amide bonds. The van der Waals surface area contributed by atoms with Gasteiger partial charge in [-0.05, 0) is 41.7 Å². The van der Waals surface area contributed by atoms with Crippen LogP contribution in [0.2, 0.25) is 0 Å². The van der Waals surface area contributed by atoms with Gasteiger partial charge in [0.15, 0.2) is 0 Å². The van der Waals surface area contributed by atoms with E-state index in [9.17, 15) is 4.79 Å². The highest BCUT2D eigenvalue weighted by Crippen LogP contribution is 1.97. The molecule has 0 aliphatic rings. The molecule has 0 saturated heterocycles. The maximum absolute atomic E-state index is 11.5. The number of nitrogens with zero attached hydrogens (tertiary/aromatic N) is 1. The van der Waals surface area contributed by atoms with Gasteiger partial charge in [0.2, 0.25) is 5.91 Å². The van der Waals surface area contributed by atoms with Gasteiger partial charge in [-0.1, -0.05) is 0 Å². The zero-order valence-electron chi connectivity index (χ0n) is 11.6. The number of likely N-dealkylation sites (N-methyl/N-ethyl adjacent to an activating group) is 1. The van der Waals surface area contributed by atoms with Crippen LogP contribution in [0.1, 0.15) is 34.6 Å². The van der Waals surface area contributed by atoms with Crippen LogP contribution in [-0.2, 0) is 4.79 Å². The van der Waals surface area contributed by atoms with Gasteiger partial charge in [0.05, 0.1) is 6.54 Å². The molecule has 16 heavy (non-hydrogen) atoms. The molecule has 0 heterocycles. The summed E-state index contributed by atoms with van der Waals surface area (Å²) in [6.07, 6.45) is 0. The van der Waals surface area contributed by atoms with Crippen LogP contribution in [0.4, 0.5) is 0 Å². The lowest BCUT2D eigenvalue weighted by Crippen LogP contribution is -2.43. The van der Waals surface area contributed by atoms with E-state index in [1.807, 2.05) is 25.8 Å². The number of rotatable bonds is 6. The summed E-state index contributed by atoms with van der Waals surface area (Å²) >= 11 is 0. The van der Waals surface area contributed by atoms with Crippen molar-refractivity contribution < 1.29 is 4.79 Å². The van der Waals surface area contributed by atoms with E-state index in [2.05, 4.69) is 31.4 Å². The fourth-order valence-corrected chi connectivity index (χ4v) is 1.31. The van der Waals surface area contributed by atoms with Crippen LogP contribution >= 0.6 is 0 Å². The van der Waals surface area contributed by atoms with E-state index < -0.39 is 0 Å². The summed E-state index contributed by atoms with van der Waals surface area (Å²) < 4.78 is 0. The molecule has 0 rings (SSSR count). The highest BCUT2D eigenvalue weighted by atomic mass is 16.2. The van der Waals surface area contributed by atoms with Crippen LogP contribution in [0.15, 0.2) is 0 Å². The SMILES string of the molecule is CC(C)NC(=O)CN(C)CCNC(C)(C)C. The normalized spacial score (nSPS) is 12.2. The average molecular weight is 229 g/mol. The lowest BCUT2D eigenvalue weighted by Gasteiger charge is -2.23. The molecule has 4 heteroatoms. The Hall–Kier alpha value is -0.610. The molecule has 0 bridgehead atoms. The molecular formula is C12H27N3O. The van der Waals surface area contributed by atoms with E-state index in [1.165, 1.54) is 0 Å². The van der Waals surface area contributed by atoms with Gasteiger partial charge < -0.3 is 10.6 Å². The first-order valence-corrected chi connectivity index (χ1v) is 5.93. The lowest BCUT2D eigenvalue weighted by molar-refractivity contribution is -0.122. The molecule has 0 fully saturated rings. The van der Waals surface area contributed by atoms with Crippen molar-refractivity contribution in [2.24, 2.45) is 0 Å². The van der Waals surface area contributed by atoms with Crippen LogP contribution < -0.4 is 10.6 Å². The van der Waals surface area contributed by atoms with E-state index in [0.29, 0.717) is 6.54 Å². The van der Waals surface area contributed by atoms with Crippen molar-refractivity contribution in [3.05, 3.63) is 0 Å². The third-order valence-electron chi connectivity index (χ3n) is 2.01. The predicted octanol–water partition coefficient (Wildman–Crippen LogP) is 0.831. The smallest absolute Gasteiger partial charge is 0.234 e. The number of amides is 1. The highest BCUT2D eigenvalue weighted by molar-refractivity contribution is 5.78. The summed E-state index contributed by atoms with van der Waals surface area (Å²) in [5.74, 6) is 0.0910. The molecule has 0 aromatic heterocycles. The van der Waals surface area contributed by atoms with E-state index in [1.54, 1.807) is 0 Å². The van der Waals surface area contributed by atoms with Gasteiger partial charge >= 0.3 is 0 Å². The lowest BCUT2D eigenvalue weighted by atomic mass is 10.1. The van der Waals surface area contributed by atoms with Gasteiger partial charge in [-0.25, -0.2) is 0 Å². The second kappa shape index (κ2) is 6.86. The zero-order valence-corrected chi connectivity index (χ0v) is 11.6. The number of carbonyl (C=O) groups excluding carboxylic acids is 1. The largest absolute Gasteiger partial charge is 0.353 e. The van der Waals surface area contributed by atoms with E-state index in [4.69, 9.17) is 0 Å². The van der Waals surface area contributed by atoms with Gasteiger partial charge in [0.1, 0.15) is 0 Å². The Morgan fingerprint density at radius 3 is 2.31 bits per heavy atom. The Balaban J connectivity index is 3.66.